The van der Waals surface area contributed by atoms with E-state index in [0.29, 0.717) is 5.41 Å². The topological polar surface area (TPSA) is 41.1 Å². The van der Waals surface area contributed by atoms with Crippen LogP contribution in [0.2, 0.25) is 0 Å². The number of hydrogen-bond acceptors (Lipinski definition) is 3. The van der Waals surface area contributed by atoms with Crippen molar-refractivity contribution in [3.8, 4) is 0 Å². The molecule has 1 amide bonds. The summed E-state index contributed by atoms with van der Waals surface area (Å²) < 4.78 is 1.16. The van der Waals surface area contributed by atoms with Gasteiger partial charge < -0.3 is 10.6 Å². The van der Waals surface area contributed by atoms with Crippen LogP contribution in [0.15, 0.2) is 15.9 Å². The van der Waals surface area contributed by atoms with Crippen LogP contribution in [0, 0.1) is 11.3 Å². The lowest BCUT2D eigenvalue weighted by molar-refractivity contribution is -0.123. The van der Waals surface area contributed by atoms with Gasteiger partial charge in [0.15, 0.2) is 0 Å². The van der Waals surface area contributed by atoms with Gasteiger partial charge in [0, 0.05) is 17.3 Å². The van der Waals surface area contributed by atoms with Gasteiger partial charge in [-0.15, -0.1) is 11.3 Å². The summed E-state index contributed by atoms with van der Waals surface area (Å²) in [4.78, 5) is 13.5. The van der Waals surface area contributed by atoms with E-state index in [0.717, 1.165) is 36.3 Å². The standard InChI is InChI=1S/C14H19BrN2OS/c15-12-2-1-10(19-12)3-6-17-13(18)11-9-14(11)4-7-16-8-5-14/h1-2,11,16H,3-9H2,(H,17,18). The normalized spacial score (nSPS) is 24.4. The first-order valence-corrected chi connectivity index (χ1v) is 8.53. The molecule has 3 rings (SSSR count). The molecule has 1 unspecified atom stereocenters. The molecule has 2 heterocycles. The highest BCUT2D eigenvalue weighted by Gasteiger charge is 2.57. The van der Waals surface area contributed by atoms with Gasteiger partial charge in [-0.2, -0.15) is 0 Å². The third-order valence-electron chi connectivity index (χ3n) is 4.41. The molecule has 1 saturated heterocycles. The maximum absolute atomic E-state index is 12.1. The maximum atomic E-state index is 12.1. The molecule has 1 aromatic rings. The highest BCUT2D eigenvalue weighted by molar-refractivity contribution is 9.11. The van der Waals surface area contributed by atoms with E-state index in [-0.39, 0.29) is 11.8 Å². The number of nitrogens with one attached hydrogen (secondary N) is 2. The Labute approximate surface area is 126 Å². The van der Waals surface area contributed by atoms with E-state index >= 15 is 0 Å². The molecule has 2 aliphatic rings. The Morgan fingerprint density at radius 3 is 2.95 bits per heavy atom. The third-order valence-corrected chi connectivity index (χ3v) is 6.09. The number of halogens is 1. The summed E-state index contributed by atoms with van der Waals surface area (Å²) in [5, 5.41) is 6.48. The summed E-state index contributed by atoms with van der Waals surface area (Å²) in [5.41, 5.74) is 0.349. The second kappa shape index (κ2) is 5.54. The Morgan fingerprint density at radius 2 is 2.26 bits per heavy atom. The zero-order valence-electron chi connectivity index (χ0n) is 10.9. The number of thiophene rings is 1. The van der Waals surface area contributed by atoms with Gasteiger partial charge in [-0.05, 0) is 72.3 Å². The van der Waals surface area contributed by atoms with Gasteiger partial charge in [0.1, 0.15) is 0 Å². The summed E-state index contributed by atoms with van der Waals surface area (Å²) in [7, 11) is 0. The molecule has 1 spiro atoms. The van der Waals surface area contributed by atoms with Crippen LogP contribution in [-0.2, 0) is 11.2 Å². The largest absolute Gasteiger partial charge is 0.355 e. The van der Waals surface area contributed by atoms with Gasteiger partial charge >= 0.3 is 0 Å². The van der Waals surface area contributed by atoms with Crippen molar-refractivity contribution in [1.82, 2.24) is 10.6 Å². The summed E-state index contributed by atoms with van der Waals surface area (Å²) in [6, 6.07) is 4.18. The van der Waals surface area contributed by atoms with E-state index in [4.69, 9.17) is 0 Å². The molecule has 1 atom stereocenters. The number of hydrogen-bond donors (Lipinski definition) is 2. The Kier molecular flexibility index (Phi) is 3.96. The molecule has 5 heteroatoms. The molecule has 1 aromatic heterocycles. The van der Waals surface area contributed by atoms with Crippen molar-refractivity contribution in [3.05, 3.63) is 20.8 Å². The molecule has 2 fully saturated rings. The summed E-state index contributed by atoms with van der Waals surface area (Å²) in [6.07, 6.45) is 4.38. The van der Waals surface area contributed by atoms with Gasteiger partial charge in [0.25, 0.3) is 0 Å². The van der Waals surface area contributed by atoms with Crippen LogP contribution >= 0.6 is 27.3 Å². The summed E-state index contributed by atoms with van der Waals surface area (Å²) >= 11 is 5.20. The Bertz CT molecular complexity index is 468. The molecule has 1 saturated carbocycles. The van der Waals surface area contributed by atoms with Gasteiger partial charge in [0.2, 0.25) is 5.91 Å². The lowest BCUT2D eigenvalue weighted by Gasteiger charge is -2.23. The molecule has 1 aliphatic heterocycles. The van der Waals surface area contributed by atoms with E-state index in [1.54, 1.807) is 11.3 Å². The molecule has 3 nitrogen and oxygen atoms in total. The maximum Gasteiger partial charge on any atom is 0.223 e. The highest BCUT2D eigenvalue weighted by Crippen LogP contribution is 2.58. The van der Waals surface area contributed by atoms with Gasteiger partial charge in [-0.1, -0.05) is 0 Å². The molecular weight excluding hydrogens is 324 g/mol. The number of piperidine rings is 1. The monoisotopic (exact) mass is 342 g/mol. The summed E-state index contributed by atoms with van der Waals surface area (Å²) in [5.74, 6) is 0.558. The molecule has 1 aliphatic carbocycles. The quantitative estimate of drug-likeness (QED) is 0.882. The van der Waals surface area contributed by atoms with Crippen LogP contribution in [0.4, 0.5) is 0 Å². The fraction of sp³-hybridized carbons (Fsp3) is 0.643. The lowest BCUT2D eigenvalue weighted by atomic mass is 9.92. The summed E-state index contributed by atoms with van der Waals surface area (Å²) in [6.45, 7) is 2.91. The van der Waals surface area contributed by atoms with Crippen LogP contribution in [0.1, 0.15) is 24.1 Å². The van der Waals surface area contributed by atoms with Crippen molar-refractivity contribution < 1.29 is 4.79 Å². The van der Waals surface area contributed by atoms with Crippen molar-refractivity contribution in [1.29, 1.82) is 0 Å². The van der Waals surface area contributed by atoms with Gasteiger partial charge in [0.05, 0.1) is 3.79 Å². The van der Waals surface area contributed by atoms with Crippen LogP contribution in [0.25, 0.3) is 0 Å². The van der Waals surface area contributed by atoms with Crippen LogP contribution in [0.5, 0.6) is 0 Å². The first-order valence-electron chi connectivity index (χ1n) is 6.92. The fourth-order valence-corrected chi connectivity index (χ4v) is 4.60. The second-order valence-electron chi connectivity index (χ2n) is 5.62. The van der Waals surface area contributed by atoms with Crippen molar-refractivity contribution in [3.63, 3.8) is 0 Å². The predicted octanol–water partition coefficient (Wildman–Crippen LogP) is 2.56. The molecule has 19 heavy (non-hydrogen) atoms. The molecular formula is C14H19BrN2OS. The number of carbonyl (C=O) groups excluding carboxylic acids is 1. The first-order chi connectivity index (χ1) is 9.20. The predicted molar refractivity (Wildman–Crippen MR) is 81.4 cm³/mol. The first kappa shape index (κ1) is 13.6. The fourth-order valence-electron chi connectivity index (χ4n) is 3.11. The lowest BCUT2D eigenvalue weighted by Crippen LogP contribution is -2.34. The molecule has 0 radical (unpaired) electrons. The molecule has 104 valence electrons. The van der Waals surface area contributed by atoms with Crippen LogP contribution in [0.3, 0.4) is 0 Å². The van der Waals surface area contributed by atoms with E-state index in [9.17, 15) is 4.79 Å². The van der Waals surface area contributed by atoms with E-state index in [1.165, 1.54) is 17.7 Å². The smallest absolute Gasteiger partial charge is 0.223 e. The zero-order valence-corrected chi connectivity index (χ0v) is 13.3. The van der Waals surface area contributed by atoms with Crippen molar-refractivity contribution >= 4 is 33.2 Å². The average molecular weight is 343 g/mol. The van der Waals surface area contributed by atoms with Crippen LogP contribution in [-0.4, -0.2) is 25.5 Å². The number of amides is 1. The van der Waals surface area contributed by atoms with Crippen molar-refractivity contribution in [2.45, 2.75) is 25.7 Å². The van der Waals surface area contributed by atoms with Crippen molar-refractivity contribution in [2.75, 3.05) is 19.6 Å². The van der Waals surface area contributed by atoms with Crippen molar-refractivity contribution in [2.24, 2.45) is 11.3 Å². The minimum absolute atomic E-state index is 0.275. The van der Waals surface area contributed by atoms with E-state index < -0.39 is 0 Å². The highest BCUT2D eigenvalue weighted by atomic mass is 79.9. The molecule has 2 N–H and O–H groups in total. The van der Waals surface area contributed by atoms with E-state index in [1.807, 2.05) is 0 Å². The second-order valence-corrected chi connectivity index (χ2v) is 8.16. The van der Waals surface area contributed by atoms with Gasteiger partial charge in [-0.3, -0.25) is 4.79 Å². The minimum atomic E-state index is 0.275. The SMILES string of the molecule is O=C(NCCc1ccc(Br)s1)C1CC12CCNCC2. The minimum Gasteiger partial charge on any atom is -0.355 e. The average Bonchev–Trinajstić information content (AvgIpc) is 2.93. The molecule has 0 bridgehead atoms. The zero-order chi connectivity index (χ0) is 13.3. The Hall–Kier alpha value is -0.390. The number of rotatable bonds is 4. The number of carbonyl (C=O) groups is 1. The third kappa shape index (κ3) is 3.03. The van der Waals surface area contributed by atoms with E-state index in [2.05, 4.69) is 38.7 Å². The Morgan fingerprint density at radius 1 is 1.47 bits per heavy atom. The van der Waals surface area contributed by atoms with Crippen LogP contribution < -0.4 is 10.6 Å². The Balaban J connectivity index is 1.43. The molecule has 0 aromatic carbocycles. The van der Waals surface area contributed by atoms with Gasteiger partial charge in [-0.25, -0.2) is 0 Å².